The highest BCUT2D eigenvalue weighted by Gasteiger charge is 2.45. The Bertz CT molecular complexity index is 4650. The first-order valence-corrected chi connectivity index (χ1v) is 29.2. The van der Waals surface area contributed by atoms with Gasteiger partial charge in [-0.05, 0) is 129 Å². The number of ether oxygens (including phenoxy) is 1. The van der Waals surface area contributed by atoms with Crippen molar-refractivity contribution in [3.8, 4) is 46.1 Å². The molecule has 2 amide bonds. The van der Waals surface area contributed by atoms with Crippen molar-refractivity contribution in [1.29, 1.82) is 5.26 Å². The Hall–Kier alpha value is -9.40. The molecule has 0 fully saturated rings. The highest BCUT2D eigenvalue weighted by atomic mass is 35.5. The van der Waals surface area contributed by atoms with Crippen molar-refractivity contribution in [3.63, 3.8) is 0 Å². The third-order valence-electron chi connectivity index (χ3n) is 15.4. The Morgan fingerprint density at radius 1 is 0.690 bits per heavy atom. The lowest BCUT2D eigenvalue weighted by molar-refractivity contribution is 0.0647. The molecule has 13 rings (SSSR count). The molecule has 6 aromatic carbocycles. The largest absolute Gasteiger partial charge is 0.743 e. The first kappa shape index (κ1) is 56.7. The highest BCUT2D eigenvalue weighted by Crippen LogP contribution is 2.41. The Balaban J connectivity index is 1.06. The summed E-state index contributed by atoms with van der Waals surface area (Å²) in [5.74, 6) is -0.362. The highest BCUT2D eigenvalue weighted by molar-refractivity contribution is 6.49. The molecule has 0 spiro atoms. The van der Waals surface area contributed by atoms with Gasteiger partial charge in [0.1, 0.15) is 46.1 Å². The fourth-order valence-electron chi connectivity index (χ4n) is 11.3. The van der Waals surface area contributed by atoms with Crippen molar-refractivity contribution < 1.29 is 37.7 Å². The van der Waals surface area contributed by atoms with Crippen LogP contribution in [0.3, 0.4) is 0 Å². The molecule has 0 N–H and O–H groups in total. The Morgan fingerprint density at radius 2 is 1.22 bits per heavy atom. The summed E-state index contributed by atoms with van der Waals surface area (Å²) in [5.41, 5.74) is 3.45. The molecule has 0 radical (unpaired) electrons. The van der Waals surface area contributed by atoms with E-state index >= 15 is 0 Å². The lowest BCUT2D eigenvalue weighted by atomic mass is 10.0. The van der Waals surface area contributed by atoms with E-state index in [9.17, 15) is 26.2 Å². The predicted octanol–water partition coefficient (Wildman–Crippen LogP) is 11.7. The topological polar surface area (TPSA) is 193 Å². The maximum atomic E-state index is 14.1. The zero-order valence-electron chi connectivity index (χ0n) is 46.6. The van der Waals surface area contributed by atoms with Crippen LogP contribution in [0, 0.1) is 17.9 Å². The number of nitrogens with zero attached hydrogens (tertiary/aromatic N) is 10. The number of aromatic nitrogens is 6. The smallest absolute Gasteiger partial charge is 0.503 e. The number of hydrogen-bond acceptors (Lipinski definition) is 14. The number of hydrogen-bond donors (Lipinski definition) is 0. The maximum absolute atomic E-state index is 14.1. The first-order valence-electron chi connectivity index (χ1n) is 27.6. The predicted molar refractivity (Wildman–Crippen MR) is 332 cm³/mol. The lowest BCUT2D eigenvalue weighted by Crippen LogP contribution is -2.45. The second kappa shape index (κ2) is 22.8. The van der Waals surface area contributed by atoms with Gasteiger partial charge < -0.3 is 37.2 Å². The normalized spacial score (nSPS) is 14.0. The van der Waals surface area contributed by atoms with Crippen LogP contribution in [0.4, 0.5) is 0 Å². The number of halogens is 4. The number of rotatable bonds is 14. The molecule has 87 heavy (non-hydrogen) atoms. The van der Waals surface area contributed by atoms with Crippen molar-refractivity contribution in [2.75, 3.05) is 26.2 Å². The molecular formula is C63H44B2Cl4N10O8. The summed E-state index contributed by atoms with van der Waals surface area (Å²) >= 11 is 26.1. The number of fused-ring (bicyclic) bond motifs is 6. The van der Waals surface area contributed by atoms with Crippen LogP contribution in [0.15, 0.2) is 128 Å². The number of esters is 1. The summed E-state index contributed by atoms with van der Waals surface area (Å²) in [6.07, 6.45) is 3.53. The minimum Gasteiger partial charge on any atom is -0.503 e. The summed E-state index contributed by atoms with van der Waals surface area (Å²) in [5, 5.41) is 14.1. The number of amides is 2. The summed E-state index contributed by atoms with van der Waals surface area (Å²) in [6.45, 7) is 19.9. The fourth-order valence-corrected chi connectivity index (χ4v) is 12.0. The lowest BCUT2D eigenvalue weighted by Gasteiger charge is -2.20. The number of imide groups is 1. The van der Waals surface area contributed by atoms with Crippen LogP contribution in [-0.4, -0.2) is 97.2 Å². The van der Waals surface area contributed by atoms with Crippen LogP contribution < -0.4 is 34.1 Å². The van der Waals surface area contributed by atoms with E-state index in [4.69, 9.17) is 89.7 Å². The Kier molecular flexibility index (Phi) is 14.9. The molecule has 428 valence electrons. The molecule has 0 saturated carbocycles. The van der Waals surface area contributed by atoms with E-state index in [2.05, 4.69) is 29.7 Å². The van der Waals surface area contributed by atoms with Gasteiger partial charge in [0.2, 0.25) is 5.70 Å². The zero-order valence-corrected chi connectivity index (χ0v) is 49.7. The van der Waals surface area contributed by atoms with Crippen LogP contribution in [0.2, 0.25) is 20.1 Å². The summed E-state index contributed by atoms with van der Waals surface area (Å²) in [7, 11) is -2.60. The average molecular weight is 1230 g/mol. The van der Waals surface area contributed by atoms with Crippen molar-refractivity contribution in [2.24, 2.45) is 0 Å². The van der Waals surface area contributed by atoms with Gasteiger partial charge in [-0.3, -0.25) is 29.4 Å². The summed E-state index contributed by atoms with van der Waals surface area (Å²) in [4.78, 5) is 68.4. The molecule has 3 aliphatic heterocycles. The molecule has 7 heterocycles. The molecule has 0 aliphatic carbocycles. The quantitative estimate of drug-likeness (QED) is 0.0328. The Morgan fingerprint density at radius 3 is 1.76 bits per heavy atom. The average Bonchev–Trinajstić information content (AvgIpc) is 1.57. The number of benzene rings is 6. The van der Waals surface area contributed by atoms with E-state index in [1.807, 2.05) is 26.0 Å². The minimum atomic E-state index is -1.34. The van der Waals surface area contributed by atoms with Gasteiger partial charge in [0, 0.05) is 29.2 Å². The second-order valence-corrected chi connectivity index (χ2v) is 22.5. The molecule has 0 saturated heterocycles. The molecule has 10 aromatic rings. The fraction of sp³-hybridized carbons (Fsp3) is 0.159. The molecule has 18 nitrogen and oxygen atoms in total. The maximum Gasteiger partial charge on any atom is 0.743 e. The SMILES string of the molecule is [C-]#[N+]/C(c1cnc2cc(Cl)c(Cl)cc2n1)=c1\c2c(C(C)C)n(B3Oc4ccccc4O3)/c(=C(/C#N)c3cnc4cc(Cl)c(Cl)cc4n3)c2c(-c2ccc(OC(=O)c3ccc4c(c3)C(=O)N(CCCN(CC)CC)C4=O)cc2)n1B1Oc2ccccc2O1. The van der Waals surface area contributed by atoms with Crippen LogP contribution in [-0.2, 0) is 0 Å². The van der Waals surface area contributed by atoms with E-state index in [-0.39, 0.29) is 82.4 Å². The van der Waals surface area contributed by atoms with Gasteiger partial charge in [0.25, 0.3) is 11.8 Å². The van der Waals surface area contributed by atoms with E-state index in [0.717, 1.165) is 19.6 Å². The number of para-hydroxylation sites is 4. The van der Waals surface area contributed by atoms with E-state index in [1.165, 1.54) is 35.5 Å². The molecule has 0 bridgehead atoms. The van der Waals surface area contributed by atoms with Gasteiger partial charge >= 0.3 is 20.5 Å². The van der Waals surface area contributed by atoms with Crippen LogP contribution >= 0.6 is 46.4 Å². The van der Waals surface area contributed by atoms with Crippen LogP contribution in [0.1, 0.15) is 88.2 Å². The third-order valence-corrected chi connectivity index (χ3v) is 16.9. The number of nitriles is 1. The van der Waals surface area contributed by atoms with Gasteiger partial charge in [-0.25, -0.2) is 14.6 Å². The monoisotopic (exact) mass is 1230 g/mol. The van der Waals surface area contributed by atoms with Crippen molar-refractivity contribution in [3.05, 3.63) is 204 Å². The van der Waals surface area contributed by atoms with E-state index < -0.39 is 38.2 Å². The van der Waals surface area contributed by atoms with E-state index in [0.29, 0.717) is 79.2 Å². The molecule has 3 aliphatic rings. The standard InChI is InChI=1S/C63H44B2Cl4N10O8/c1-6-76(7-2)23-12-24-77-61(80)37-22-19-35(25-38(37)62(77)81)63(82)83-36-20-17-34(18-21-36)58-55-54(60(79(58)65-86-52-15-10-11-16-53(52)87-65)56(71-5)49-32-73-45-27-41(67)43(69)29-47(45)75-49)57(33(3)4)78(64-84-50-13-8-9-14-51(50)85-64)59(55)39(30-70)48-31-72-44-26-40(66)42(68)28-46(44)74-48/h8-11,13-22,25-29,31-33H,6-7,12,23-24H2,1-4H3/b59-39-,60-56+. The molecule has 4 aromatic heterocycles. The van der Waals surface area contributed by atoms with Gasteiger partial charge in [0.15, 0.2) is 0 Å². The van der Waals surface area contributed by atoms with Gasteiger partial charge in [-0.15, -0.1) is 0 Å². The Labute approximate surface area is 517 Å². The van der Waals surface area contributed by atoms with Gasteiger partial charge in [0.05, 0.1) is 93.7 Å². The van der Waals surface area contributed by atoms with Crippen molar-refractivity contribution in [1.82, 2.24) is 38.7 Å². The van der Waals surface area contributed by atoms with E-state index in [1.54, 1.807) is 93.9 Å². The summed E-state index contributed by atoms with van der Waals surface area (Å²) < 4.78 is 36.5. The van der Waals surface area contributed by atoms with Crippen LogP contribution in [0.5, 0.6) is 28.7 Å². The number of carbonyl (C=O) groups is 3. The summed E-state index contributed by atoms with van der Waals surface area (Å²) in [6, 6.07) is 34.0. The molecule has 0 atom stereocenters. The molecule has 0 unspecified atom stereocenters. The zero-order chi connectivity index (χ0) is 60.5. The minimum absolute atomic E-state index is 0.00114. The molecule has 24 heteroatoms. The number of carbonyl (C=O) groups excluding carboxylic acids is 3. The van der Waals surface area contributed by atoms with Gasteiger partial charge in [-0.1, -0.05) is 98.4 Å². The first-order chi connectivity index (χ1) is 42.2. The third kappa shape index (κ3) is 9.89. The second-order valence-electron chi connectivity index (χ2n) is 20.8. The van der Waals surface area contributed by atoms with Crippen molar-refractivity contribution >= 4 is 123 Å². The van der Waals surface area contributed by atoms with Gasteiger partial charge in [-0.2, -0.15) is 5.26 Å². The van der Waals surface area contributed by atoms with Crippen molar-refractivity contribution in [2.45, 2.75) is 40.0 Å². The van der Waals surface area contributed by atoms with Crippen LogP contribution in [0.25, 0.3) is 60.2 Å². The molecular weight excluding hydrogens is 1190 g/mol.